The summed E-state index contributed by atoms with van der Waals surface area (Å²) in [5.74, 6) is 0.664. The molecule has 0 aromatic heterocycles. The van der Waals surface area contributed by atoms with Gasteiger partial charge >= 0.3 is 6.03 Å². The zero-order chi connectivity index (χ0) is 19.9. The van der Waals surface area contributed by atoms with E-state index in [-0.39, 0.29) is 11.9 Å². The summed E-state index contributed by atoms with van der Waals surface area (Å²) in [6.45, 7) is 7.13. The van der Waals surface area contributed by atoms with E-state index in [0.29, 0.717) is 12.5 Å². The maximum atomic E-state index is 12.8. The third kappa shape index (κ3) is 5.00. The predicted molar refractivity (Wildman–Crippen MR) is 117 cm³/mol. The van der Waals surface area contributed by atoms with Crippen LogP contribution in [0, 0.1) is 0 Å². The average molecular weight is 378 g/mol. The zero-order valence-electron chi connectivity index (χ0n) is 17.2. The van der Waals surface area contributed by atoms with Gasteiger partial charge in [-0.2, -0.15) is 5.10 Å². The summed E-state index contributed by atoms with van der Waals surface area (Å²) < 4.78 is 0. The number of nitrogens with one attached hydrogen (secondary N) is 1. The monoisotopic (exact) mass is 377 g/mol. The van der Waals surface area contributed by atoms with E-state index in [9.17, 15) is 4.79 Å². The molecule has 0 fully saturated rings. The van der Waals surface area contributed by atoms with Crippen molar-refractivity contribution in [3.05, 3.63) is 65.7 Å². The number of unbranched alkanes of at least 4 members (excludes halogenated alkanes) is 2. The summed E-state index contributed by atoms with van der Waals surface area (Å²) in [5, 5.41) is 9.28. The Bertz CT molecular complexity index is 796. The lowest BCUT2D eigenvalue weighted by Crippen LogP contribution is -2.30. The summed E-state index contributed by atoms with van der Waals surface area (Å²) in [4.78, 5) is 12.8. The van der Waals surface area contributed by atoms with Crippen LogP contribution in [0.3, 0.4) is 0 Å². The second-order valence-electron chi connectivity index (χ2n) is 7.80. The molecule has 0 bridgehead atoms. The third-order valence-electron chi connectivity index (χ3n) is 5.31. The van der Waals surface area contributed by atoms with Crippen LogP contribution >= 0.6 is 0 Å². The van der Waals surface area contributed by atoms with Gasteiger partial charge in [0.15, 0.2) is 0 Å². The SMILES string of the molecule is CCCCCC1=NN(C(=O)Nc2ccc(C(C)C)cc2)CC1c1ccccc1. The topological polar surface area (TPSA) is 44.7 Å². The molecule has 1 aliphatic heterocycles. The number of urea groups is 1. The van der Waals surface area contributed by atoms with Crippen molar-refractivity contribution in [1.82, 2.24) is 5.01 Å². The third-order valence-corrected chi connectivity index (χ3v) is 5.31. The van der Waals surface area contributed by atoms with Crippen molar-refractivity contribution >= 4 is 17.4 Å². The average Bonchev–Trinajstić information content (AvgIpc) is 3.14. The van der Waals surface area contributed by atoms with Crippen LogP contribution in [0.15, 0.2) is 59.7 Å². The molecule has 1 N–H and O–H groups in total. The van der Waals surface area contributed by atoms with Crippen molar-refractivity contribution in [2.75, 3.05) is 11.9 Å². The van der Waals surface area contributed by atoms with Gasteiger partial charge in [0.2, 0.25) is 0 Å². The smallest absolute Gasteiger partial charge is 0.306 e. The number of carbonyl (C=O) groups excluding carboxylic acids is 1. The fourth-order valence-electron chi connectivity index (χ4n) is 3.58. The van der Waals surface area contributed by atoms with E-state index in [0.717, 1.165) is 24.2 Å². The number of rotatable bonds is 7. The van der Waals surface area contributed by atoms with Crippen molar-refractivity contribution in [2.45, 2.75) is 58.3 Å². The highest BCUT2D eigenvalue weighted by atomic mass is 16.2. The highest BCUT2D eigenvalue weighted by molar-refractivity contribution is 5.97. The molecule has 0 radical (unpaired) electrons. The molecule has 2 amide bonds. The van der Waals surface area contributed by atoms with Crippen LogP contribution < -0.4 is 5.32 Å². The van der Waals surface area contributed by atoms with Crippen molar-refractivity contribution in [3.8, 4) is 0 Å². The van der Waals surface area contributed by atoms with Gasteiger partial charge in [0.25, 0.3) is 0 Å². The molecule has 3 rings (SSSR count). The Morgan fingerprint density at radius 1 is 1.11 bits per heavy atom. The van der Waals surface area contributed by atoms with Gasteiger partial charge in [-0.3, -0.25) is 0 Å². The first kappa shape index (κ1) is 20.1. The quantitative estimate of drug-likeness (QED) is 0.559. The Labute approximate surface area is 168 Å². The van der Waals surface area contributed by atoms with Crippen molar-refractivity contribution in [3.63, 3.8) is 0 Å². The largest absolute Gasteiger partial charge is 0.342 e. The minimum atomic E-state index is -0.163. The fraction of sp³-hybridized carbons (Fsp3) is 0.417. The first-order chi connectivity index (χ1) is 13.6. The van der Waals surface area contributed by atoms with Gasteiger partial charge in [-0.1, -0.05) is 76.1 Å². The maximum absolute atomic E-state index is 12.8. The molecule has 148 valence electrons. The standard InChI is InChI=1S/C24H31N3O/c1-4-5-7-12-23-22(20-10-8-6-9-11-20)17-27(26-23)24(28)25-21-15-13-19(14-16-21)18(2)3/h6,8-11,13-16,18,22H,4-5,7,12,17H2,1-3H3,(H,25,28). The molecule has 1 heterocycles. The van der Waals surface area contributed by atoms with Crippen LogP contribution in [-0.4, -0.2) is 23.3 Å². The van der Waals surface area contributed by atoms with Gasteiger partial charge in [-0.25, -0.2) is 9.80 Å². The maximum Gasteiger partial charge on any atom is 0.342 e. The number of carbonyl (C=O) groups is 1. The van der Waals surface area contributed by atoms with Crippen LogP contribution in [0.5, 0.6) is 0 Å². The lowest BCUT2D eigenvalue weighted by Gasteiger charge is -2.16. The van der Waals surface area contributed by atoms with E-state index in [1.165, 1.54) is 24.0 Å². The molecule has 4 nitrogen and oxygen atoms in total. The van der Waals surface area contributed by atoms with Crippen LogP contribution in [0.2, 0.25) is 0 Å². The minimum absolute atomic E-state index is 0.163. The second-order valence-corrected chi connectivity index (χ2v) is 7.80. The molecule has 2 aromatic rings. The van der Waals surface area contributed by atoms with Gasteiger partial charge in [0.05, 0.1) is 6.54 Å². The van der Waals surface area contributed by atoms with Crippen molar-refractivity contribution in [2.24, 2.45) is 5.10 Å². The number of benzene rings is 2. The Morgan fingerprint density at radius 2 is 1.82 bits per heavy atom. The summed E-state index contributed by atoms with van der Waals surface area (Å²) in [6, 6.07) is 18.3. The van der Waals surface area contributed by atoms with Gasteiger partial charge in [-0.05, 0) is 42.0 Å². The summed E-state index contributed by atoms with van der Waals surface area (Å²) in [5.41, 5.74) is 4.42. The number of nitrogens with zero attached hydrogens (tertiary/aromatic N) is 2. The van der Waals surface area contributed by atoms with E-state index in [4.69, 9.17) is 5.10 Å². The molecule has 2 aromatic carbocycles. The summed E-state index contributed by atoms with van der Waals surface area (Å²) in [6.07, 6.45) is 4.43. The predicted octanol–water partition coefficient (Wildman–Crippen LogP) is 6.38. The van der Waals surface area contributed by atoms with Gasteiger partial charge in [-0.15, -0.1) is 0 Å². The lowest BCUT2D eigenvalue weighted by atomic mass is 9.92. The van der Waals surface area contributed by atoms with Crippen molar-refractivity contribution < 1.29 is 4.79 Å². The van der Waals surface area contributed by atoms with Gasteiger partial charge < -0.3 is 5.32 Å². The molecular weight excluding hydrogens is 346 g/mol. The fourth-order valence-corrected chi connectivity index (χ4v) is 3.58. The minimum Gasteiger partial charge on any atom is -0.306 e. The second kappa shape index (κ2) is 9.54. The van der Waals surface area contributed by atoms with E-state index in [1.807, 2.05) is 18.2 Å². The first-order valence-corrected chi connectivity index (χ1v) is 10.4. The molecule has 0 saturated heterocycles. The molecule has 1 atom stereocenters. The summed E-state index contributed by atoms with van der Waals surface area (Å²) in [7, 11) is 0. The van der Waals surface area contributed by atoms with Crippen LogP contribution in [0.4, 0.5) is 10.5 Å². The van der Waals surface area contributed by atoms with Crippen LogP contribution in [0.25, 0.3) is 0 Å². The molecule has 1 unspecified atom stereocenters. The molecule has 0 spiro atoms. The van der Waals surface area contributed by atoms with Gasteiger partial charge in [0.1, 0.15) is 0 Å². The summed E-state index contributed by atoms with van der Waals surface area (Å²) >= 11 is 0. The highest BCUT2D eigenvalue weighted by Crippen LogP contribution is 2.28. The van der Waals surface area contributed by atoms with Gasteiger partial charge in [0, 0.05) is 17.3 Å². The normalized spacial score (nSPS) is 16.4. The molecular formula is C24H31N3O. The number of hydrazone groups is 1. The molecule has 28 heavy (non-hydrogen) atoms. The van der Waals surface area contributed by atoms with E-state index in [1.54, 1.807) is 5.01 Å². The lowest BCUT2D eigenvalue weighted by molar-refractivity contribution is 0.218. The Hall–Kier alpha value is -2.62. The van der Waals surface area contributed by atoms with Crippen molar-refractivity contribution in [1.29, 1.82) is 0 Å². The Kier molecular flexibility index (Phi) is 6.85. The molecule has 4 heteroatoms. The van der Waals surface area contributed by atoms with E-state index < -0.39 is 0 Å². The Balaban J connectivity index is 1.70. The zero-order valence-corrected chi connectivity index (χ0v) is 17.2. The van der Waals surface area contributed by atoms with Crippen LogP contribution in [0.1, 0.15) is 69.4 Å². The Morgan fingerprint density at radius 3 is 2.46 bits per heavy atom. The van der Waals surface area contributed by atoms with E-state index in [2.05, 4.69) is 62.5 Å². The number of anilines is 1. The molecule has 0 aliphatic carbocycles. The van der Waals surface area contributed by atoms with Crippen LogP contribution in [-0.2, 0) is 0 Å². The number of hydrogen-bond acceptors (Lipinski definition) is 2. The number of amides is 2. The van der Waals surface area contributed by atoms with E-state index >= 15 is 0 Å². The first-order valence-electron chi connectivity index (χ1n) is 10.4. The highest BCUT2D eigenvalue weighted by Gasteiger charge is 2.30. The number of hydrogen-bond donors (Lipinski definition) is 1. The molecule has 1 aliphatic rings. The molecule has 0 saturated carbocycles.